The van der Waals surface area contributed by atoms with Crippen LogP contribution in [-0.2, 0) is 4.79 Å². The number of amidine groups is 1. The molecule has 220 valence electrons. The summed E-state index contributed by atoms with van der Waals surface area (Å²) in [6.07, 6.45) is 1.66. The summed E-state index contributed by atoms with van der Waals surface area (Å²) in [4.78, 5) is 43.7. The first kappa shape index (κ1) is 29.8. The second-order valence-corrected chi connectivity index (χ2v) is 11.3. The molecule has 0 unspecified atom stereocenters. The smallest absolute Gasteiger partial charge is 0.326 e. The van der Waals surface area contributed by atoms with Crippen molar-refractivity contribution in [2.24, 2.45) is 4.99 Å². The topological polar surface area (TPSA) is 81.6 Å². The number of aromatic nitrogens is 1. The number of hydrogen-bond acceptors (Lipinski definition) is 6. The van der Waals surface area contributed by atoms with E-state index in [9.17, 15) is 9.59 Å². The van der Waals surface area contributed by atoms with Crippen LogP contribution in [0.4, 0.5) is 4.79 Å². The van der Waals surface area contributed by atoms with Gasteiger partial charge in [-0.25, -0.2) is 9.78 Å². The van der Waals surface area contributed by atoms with Crippen molar-refractivity contribution in [3.05, 3.63) is 93.6 Å². The number of ether oxygens (including phenoxy) is 1. The summed E-state index contributed by atoms with van der Waals surface area (Å²) in [7, 11) is 3.50. The molecule has 2 aliphatic heterocycles. The molecule has 2 atom stereocenters. The summed E-state index contributed by atoms with van der Waals surface area (Å²) in [5.74, 6) is 0.939. The van der Waals surface area contributed by atoms with E-state index in [1.807, 2.05) is 72.5 Å². The van der Waals surface area contributed by atoms with E-state index in [0.29, 0.717) is 66.7 Å². The van der Waals surface area contributed by atoms with Crippen LogP contribution >= 0.6 is 23.2 Å². The number of urea groups is 1. The molecule has 3 heterocycles. The van der Waals surface area contributed by atoms with Gasteiger partial charge in [-0.2, -0.15) is 0 Å². The quantitative estimate of drug-likeness (QED) is 0.370. The van der Waals surface area contributed by atoms with E-state index in [1.165, 1.54) is 0 Å². The molecule has 2 aliphatic rings. The number of rotatable bonds is 7. The fourth-order valence-corrected chi connectivity index (χ4v) is 5.50. The van der Waals surface area contributed by atoms with Crippen molar-refractivity contribution in [1.29, 1.82) is 0 Å². The normalized spacial score (nSPS) is 19.0. The Morgan fingerprint density at radius 2 is 1.55 bits per heavy atom. The summed E-state index contributed by atoms with van der Waals surface area (Å²) < 4.78 is 5.89. The minimum absolute atomic E-state index is 0.0392. The molecule has 1 saturated heterocycles. The number of carbonyl (C=O) groups excluding carboxylic acids is 2. The molecule has 1 aromatic heterocycles. The molecule has 3 aromatic rings. The fourth-order valence-electron chi connectivity index (χ4n) is 5.25. The van der Waals surface area contributed by atoms with Crippen molar-refractivity contribution >= 4 is 41.0 Å². The Hall–Kier alpha value is -3.66. The second-order valence-electron chi connectivity index (χ2n) is 10.4. The number of halogens is 2. The summed E-state index contributed by atoms with van der Waals surface area (Å²) in [6.45, 7) is 4.78. The molecule has 9 nitrogen and oxygen atoms in total. The number of amides is 3. The average molecular weight is 610 g/mol. The molecular formula is C31H34Cl2N6O3. The van der Waals surface area contributed by atoms with Gasteiger partial charge < -0.3 is 14.5 Å². The zero-order valence-electron chi connectivity index (χ0n) is 23.9. The highest BCUT2D eigenvalue weighted by atomic mass is 35.5. The third kappa shape index (κ3) is 6.38. The van der Waals surface area contributed by atoms with E-state index in [4.69, 9.17) is 32.9 Å². The van der Waals surface area contributed by atoms with Gasteiger partial charge in [-0.3, -0.25) is 19.6 Å². The number of carbonyl (C=O) groups is 2. The summed E-state index contributed by atoms with van der Waals surface area (Å²) in [5, 5.41) is 1.22. The molecular weight excluding hydrogens is 575 g/mol. The van der Waals surface area contributed by atoms with Crippen molar-refractivity contribution < 1.29 is 14.3 Å². The van der Waals surface area contributed by atoms with Gasteiger partial charge in [0.05, 0.1) is 24.8 Å². The third-order valence-electron chi connectivity index (χ3n) is 7.49. The Morgan fingerprint density at radius 3 is 2.14 bits per heavy atom. The van der Waals surface area contributed by atoms with Gasteiger partial charge in [0.15, 0.2) is 0 Å². The van der Waals surface area contributed by atoms with Crippen molar-refractivity contribution in [1.82, 2.24) is 24.6 Å². The highest BCUT2D eigenvalue weighted by Gasteiger charge is 2.45. The number of piperazine rings is 1. The molecule has 5 rings (SSSR count). The van der Waals surface area contributed by atoms with Gasteiger partial charge in [0.2, 0.25) is 11.8 Å². The maximum absolute atomic E-state index is 14.5. The zero-order valence-corrected chi connectivity index (χ0v) is 25.4. The van der Waals surface area contributed by atoms with Gasteiger partial charge in [0, 0.05) is 56.5 Å². The minimum atomic E-state index is -0.464. The van der Waals surface area contributed by atoms with Gasteiger partial charge in [-0.05, 0) is 54.4 Å². The first-order valence-corrected chi connectivity index (χ1v) is 14.7. The first-order chi connectivity index (χ1) is 20.3. The first-order valence-electron chi connectivity index (χ1n) is 13.9. The molecule has 0 aliphatic carbocycles. The molecule has 2 aromatic carbocycles. The molecule has 0 radical (unpaired) electrons. The van der Waals surface area contributed by atoms with Crippen molar-refractivity contribution in [2.45, 2.75) is 19.0 Å². The van der Waals surface area contributed by atoms with Crippen molar-refractivity contribution in [2.75, 3.05) is 53.4 Å². The van der Waals surface area contributed by atoms with E-state index in [0.717, 1.165) is 11.1 Å². The predicted molar refractivity (Wildman–Crippen MR) is 164 cm³/mol. The van der Waals surface area contributed by atoms with E-state index in [-0.39, 0.29) is 11.9 Å². The van der Waals surface area contributed by atoms with Crippen LogP contribution in [0.2, 0.25) is 10.0 Å². The van der Waals surface area contributed by atoms with Gasteiger partial charge in [-0.15, -0.1) is 0 Å². The maximum atomic E-state index is 14.5. The maximum Gasteiger partial charge on any atom is 0.326 e. The van der Waals surface area contributed by atoms with E-state index < -0.39 is 12.1 Å². The number of nitrogens with zero attached hydrogens (tertiary/aromatic N) is 6. The highest BCUT2D eigenvalue weighted by molar-refractivity contribution is 6.30. The fraction of sp³-hybridized carbons (Fsp3) is 0.355. The van der Waals surface area contributed by atoms with Crippen LogP contribution in [0.25, 0.3) is 0 Å². The van der Waals surface area contributed by atoms with E-state index >= 15 is 0 Å². The van der Waals surface area contributed by atoms with Crippen LogP contribution < -0.4 is 4.74 Å². The van der Waals surface area contributed by atoms with Crippen LogP contribution in [0, 0.1) is 0 Å². The lowest BCUT2D eigenvalue weighted by molar-refractivity contribution is -0.130. The van der Waals surface area contributed by atoms with Gasteiger partial charge in [0.25, 0.3) is 0 Å². The third-order valence-corrected chi connectivity index (χ3v) is 7.99. The zero-order chi connectivity index (χ0) is 29.8. The number of benzene rings is 2. The molecule has 11 heteroatoms. The van der Waals surface area contributed by atoms with Crippen molar-refractivity contribution in [3.8, 4) is 5.88 Å². The number of pyridine rings is 1. The lowest BCUT2D eigenvalue weighted by Crippen LogP contribution is -2.55. The lowest BCUT2D eigenvalue weighted by atomic mass is 9.93. The summed E-state index contributed by atoms with van der Waals surface area (Å²) in [5.41, 5.74) is 2.45. The van der Waals surface area contributed by atoms with E-state index in [1.54, 1.807) is 30.1 Å². The molecule has 0 N–H and O–H groups in total. The van der Waals surface area contributed by atoms with E-state index in [2.05, 4.69) is 9.88 Å². The summed E-state index contributed by atoms with van der Waals surface area (Å²) in [6, 6.07) is 17.7. The Kier molecular flexibility index (Phi) is 9.30. The van der Waals surface area contributed by atoms with Gasteiger partial charge in [0.1, 0.15) is 11.9 Å². The standard InChI is InChI=1S/C31H34Cl2N6O3/c1-4-42-30-25(6-5-15-34-30)29-35-27(21-7-11-23(32)12-8-21)28(22-9-13-24(33)14-10-22)39(29)31(41)38-18-16-37(17-19-38)20-26(40)36(2)3/h5-15,27-28H,4,16-20H2,1-3H3/t27-,28+/m0/s1. The SMILES string of the molecule is CCOc1ncccc1C1=N[C@@H](c2ccc(Cl)cc2)[C@@H](c2ccc(Cl)cc2)N1C(=O)N1CCN(CC(=O)N(C)C)CC1. The number of hydrogen-bond donors (Lipinski definition) is 0. The molecule has 0 spiro atoms. The monoisotopic (exact) mass is 608 g/mol. The Labute approximate surface area is 256 Å². The lowest BCUT2D eigenvalue weighted by Gasteiger charge is -2.39. The van der Waals surface area contributed by atoms with Crippen molar-refractivity contribution in [3.63, 3.8) is 0 Å². The van der Waals surface area contributed by atoms with Crippen LogP contribution in [-0.4, -0.2) is 95.8 Å². The summed E-state index contributed by atoms with van der Waals surface area (Å²) >= 11 is 12.5. The van der Waals surface area contributed by atoms with Crippen LogP contribution in [0.3, 0.4) is 0 Å². The van der Waals surface area contributed by atoms with Crippen LogP contribution in [0.1, 0.15) is 35.7 Å². The number of likely N-dealkylation sites (N-methyl/N-ethyl adjacent to an activating group) is 1. The second kappa shape index (κ2) is 13.1. The van der Waals surface area contributed by atoms with Gasteiger partial charge >= 0.3 is 6.03 Å². The van der Waals surface area contributed by atoms with Crippen LogP contribution in [0.5, 0.6) is 5.88 Å². The van der Waals surface area contributed by atoms with Crippen LogP contribution in [0.15, 0.2) is 71.9 Å². The predicted octanol–water partition coefficient (Wildman–Crippen LogP) is 5.16. The molecule has 3 amide bonds. The Balaban J connectivity index is 1.56. The molecule has 42 heavy (non-hydrogen) atoms. The minimum Gasteiger partial charge on any atom is -0.477 e. The average Bonchev–Trinajstić information content (AvgIpc) is 3.38. The molecule has 0 saturated carbocycles. The highest BCUT2D eigenvalue weighted by Crippen LogP contribution is 2.45. The Bertz CT molecular complexity index is 1440. The Morgan fingerprint density at radius 1 is 0.929 bits per heavy atom. The molecule has 1 fully saturated rings. The van der Waals surface area contributed by atoms with Gasteiger partial charge in [-0.1, -0.05) is 47.5 Å². The largest absolute Gasteiger partial charge is 0.477 e. The molecule has 0 bridgehead atoms. The number of aliphatic imine (C=N–C) groups is 1.